The van der Waals surface area contributed by atoms with Gasteiger partial charge in [-0.05, 0) is 0 Å². The first kappa shape index (κ1) is 11.8. The number of amides is 1. The van der Waals surface area contributed by atoms with Crippen molar-refractivity contribution >= 4 is 17.7 Å². The standard InChI is InChI=1S/C8H17NO2S/c1-8(2,3)12-6(5-10)4-7(9)11/h6,10H,4-5H2,1-3H3,(H2,9,11)/t6-/m0/s1. The van der Waals surface area contributed by atoms with Crippen LogP contribution in [-0.4, -0.2) is 27.6 Å². The Balaban J connectivity index is 3.92. The van der Waals surface area contributed by atoms with E-state index in [-0.39, 0.29) is 28.9 Å². The topological polar surface area (TPSA) is 63.3 Å². The highest BCUT2D eigenvalue weighted by Gasteiger charge is 2.19. The van der Waals surface area contributed by atoms with E-state index in [1.54, 1.807) is 11.8 Å². The second-order valence-electron chi connectivity index (χ2n) is 3.71. The van der Waals surface area contributed by atoms with Crippen LogP contribution in [0.1, 0.15) is 27.2 Å². The van der Waals surface area contributed by atoms with Crippen LogP contribution >= 0.6 is 11.8 Å². The van der Waals surface area contributed by atoms with E-state index in [4.69, 9.17) is 10.8 Å². The van der Waals surface area contributed by atoms with Crippen molar-refractivity contribution in [1.82, 2.24) is 0 Å². The first-order valence-corrected chi connectivity index (χ1v) is 4.80. The van der Waals surface area contributed by atoms with Crippen molar-refractivity contribution in [2.75, 3.05) is 6.61 Å². The number of hydrogen-bond donors (Lipinski definition) is 2. The molecule has 0 saturated carbocycles. The van der Waals surface area contributed by atoms with E-state index >= 15 is 0 Å². The highest BCUT2D eigenvalue weighted by Crippen LogP contribution is 2.29. The van der Waals surface area contributed by atoms with Gasteiger partial charge in [0, 0.05) is 16.4 Å². The lowest BCUT2D eigenvalue weighted by Gasteiger charge is -2.23. The average molecular weight is 191 g/mol. The quantitative estimate of drug-likeness (QED) is 0.689. The third-order valence-corrected chi connectivity index (χ3v) is 2.51. The van der Waals surface area contributed by atoms with Gasteiger partial charge in [0.25, 0.3) is 0 Å². The Morgan fingerprint density at radius 2 is 2.08 bits per heavy atom. The molecule has 0 aliphatic heterocycles. The summed E-state index contributed by atoms with van der Waals surface area (Å²) in [5.41, 5.74) is 5.02. The molecule has 0 saturated heterocycles. The van der Waals surface area contributed by atoms with Crippen LogP contribution in [0.3, 0.4) is 0 Å². The second-order valence-corrected chi connectivity index (χ2v) is 5.83. The molecule has 0 unspecified atom stereocenters. The zero-order valence-electron chi connectivity index (χ0n) is 7.83. The number of thioether (sulfide) groups is 1. The normalized spacial score (nSPS) is 14.3. The van der Waals surface area contributed by atoms with E-state index < -0.39 is 0 Å². The third-order valence-electron chi connectivity index (χ3n) is 1.15. The smallest absolute Gasteiger partial charge is 0.218 e. The van der Waals surface area contributed by atoms with Crippen LogP contribution < -0.4 is 5.73 Å². The lowest BCUT2D eigenvalue weighted by Crippen LogP contribution is -2.24. The van der Waals surface area contributed by atoms with Gasteiger partial charge < -0.3 is 10.8 Å². The molecule has 0 fully saturated rings. The van der Waals surface area contributed by atoms with Crippen molar-refractivity contribution < 1.29 is 9.90 Å². The minimum Gasteiger partial charge on any atom is -0.395 e. The van der Waals surface area contributed by atoms with Gasteiger partial charge in [-0.25, -0.2) is 0 Å². The summed E-state index contributed by atoms with van der Waals surface area (Å²) in [5.74, 6) is -0.356. The minimum absolute atomic E-state index is 0.00484. The SMILES string of the molecule is CC(C)(C)S[C@H](CO)CC(N)=O. The molecule has 1 amide bonds. The van der Waals surface area contributed by atoms with Crippen molar-refractivity contribution in [1.29, 1.82) is 0 Å². The van der Waals surface area contributed by atoms with Crippen molar-refractivity contribution in [2.45, 2.75) is 37.2 Å². The summed E-state index contributed by atoms with van der Waals surface area (Å²) in [6, 6.07) is 0. The summed E-state index contributed by atoms with van der Waals surface area (Å²) >= 11 is 1.58. The van der Waals surface area contributed by atoms with Gasteiger partial charge in [-0.2, -0.15) is 0 Å². The lowest BCUT2D eigenvalue weighted by atomic mass is 10.2. The lowest BCUT2D eigenvalue weighted by molar-refractivity contribution is -0.118. The predicted octanol–water partition coefficient (Wildman–Crippen LogP) is 0.754. The molecular weight excluding hydrogens is 174 g/mol. The Morgan fingerprint density at radius 3 is 2.33 bits per heavy atom. The van der Waals surface area contributed by atoms with Crippen LogP contribution in [0.15, 0.2) is 0 Å². The Labute approximate surface area is 77.7 Å². The summed E-state index contributed by atoms with van der Waals surface area (Å²) in [4.78, 5) is 10.6. The van der Waals surface area contributed by atoms with Crippen molar-refractivity contribution in [3.05, 3.63) is 0 Å². The van der Waals surface area contributed by atoms with E-state index in [0.717, 1.165) is 0 Å². The molecule has 0 spiro atoms. The zero-order valence-corrected chi connectivity index (χ0v) is 8.65. The number of aliphatic hydroxyl groups excluding tert-OH is 1. The van der Waals surface area contributed by atoms with Gasteiger partial charge in [-0.15, -0.1) is 11.8 Å². The van der Waals surface area contributed by atoms with Crippen LogP contribution in [-0.2, 0) is 4.79 Å². The zero-order chi connectivity index (χ0) is 9.78. The maximum atomic E-state index is 10.6. The fourth-order valence-corrected chi connectivity index (χ4v) is 2.19. The number of primary amides is 1. The first-order valence-electron chi connectivity index (χ1n) is 3.92. The van der Waals surface area contributed by atoms with Crippen molar-refractivity contribution in [3.8, 4) is 0 Å². The van der Waals surface area contributed by atoms with E-state index in [0.29, 0.717) is 0 Å². The van der Waals surface area contributed by atoms with Gasteiger partial charge in [0.05, 0.1) is 6.61 Å². The summed E-state index contributed by atoms with van der Waals surface area (Å²) in [6.07, 6.45) is 0.248. The molecule has 0 rings (SSSR count). The molecule has 1 atom stereocenters. The van der Waals surface area contributed by atoms with Gasteiger partial charge in [0.15, 0.2) is 0 Å². The molecule has 3 N–H and O–H groups in total. The average Bonchev–Trinajstić information content (AvgIpc) is 1.82. The van der Waals surface area contributed by atoms with Crippen LogP contribution in [0.25, 0.3) is 0 Å². The van der Waals surface area contributed by atoms with E-state index in [1.807, 2.05) is 20.8 Å². The van der Waals surface area contributed by atoms with Crippen LogP contribution in [0, 0.1) is 0 Å². The van der Waals surface area contributed by atoms with Crippen LogP contribution in [0.2, 0.25) is 0 Å². The highest BCUT2D eigenvalue weighted by atomic mass is 32.2. The molecule has 72 valence electrons. The molecule has 0 radical (unpaired) electrons. The molecule has 0 aromatic carbocycles. The molecule has 0 aliphatic rings. The number of aliphatic hydroxyl groups is 1. The van der Waals surface area contributed by atoms with E-state index in [1.165, 1.54) is 0 Å². The second kappa shape index (κ2) is 4.72. The molecule has 4 heteroatoms. The molecule has 12 heavy (non-hydrogen) atoms. The summed E-state index contributed by atoms with van der Waals surface area (Å²) in [6.45, 7) is 6.13. The third kappa shape index (κ3) is 6.49. The fraction of sp³-hybridized carbons (Fsp3) is 0.875. The van der Waals surface area contributed by atoms with Gasteiger partial charge in [0.2, 0.25) is 5.91 Å². The largest absolute Gasteiger partial charge is 0.395 e. The predicted molar refractivity (Wildman–Crippen MR) is 52.0 cm³/mol. The molecule has 0 aromatic rings. The number of hydrogen-bond acceptors (Lipinski definition) is 3. The summed E-state index contributed by atoms with van der Waals surface area (Å²) in [5, 5.41) is 8.84. The summed E-state index contributed by atoms with van der Waals surface area (Å²) in [7, 11) is 0. The van der Waals surface area contributed by atoms with Gasteiger partial charge in [-0.1, -0.05) is 20.8 Å². The monoisotopic (exact) mass is 191 g/mol. The number of carbonyl (C=O) groups excluding carboxylic acids is 1. The Morgan fingerprint density at radius 1 is 1.58 bits per heavy atom. The van der Waals surface area contributed by atoms with E-state index in [2.05, 4.69) is 0 Å². The molecule has 0 heterocycles. The van der Waals surface area contributed by atoms with Gasteiger partial charge in [0.1, 0.15) is 0 Å². The molecule has 0 bridgehead atoms. The van der Waals surface area contributed by atoms with Gasteiger partial charge >= 0.3 is 0 Å². The van der Waals surface area contributed by atoms with Crippen LogP contribution in [0.4, 0.5) is 0 Å². The fourth-order valence-electron chi connectivity index (χ4n) is 0.868. The van der Waals surface area contributed by atoms with Crippen molar-refractivity contribution in [2.24, 2.45) is 5.73 Å². The van der Waals surface area contributed by atoms with Crippen molar-refractivity contribution in [3.63, 3.8) is 0 Å². The molecule has 0 aromatic heterocycles. The summed E-state index contributed by atoms with van der Waals surface area (Å²) < 4.78 is 0.0584. The number of rotatable bonds is 4. The van der Waals surface area contributed by atoms with Crippen LogP contribution in [0.5, 0.6) is 0 Å². The highest BCUT2D eigenvalue weighted by molar-refractivity contribution is 8.01. The molecular formula is C8H17NO2S. The Kier molecular flexibility index (Phi) is 4.63. The first-order chi connectivity index (χ1) is 5.35. The molecule has 3 nitrogen and oxygen atoms in total. The molecule has 0 aliphatic carbocycles. The Hall–Kier alpha value is -0.220. The number of nitrogens with two attached hydrogens (primary N) is 1. The minimum atomic E-state index is -0.356. The van der Waals surface area contributed by atoms with Gasteiger partial charge in [-0.3, -0.25) is 4.79 Å². The number of carbonyl (C=O) groups is 1. The maximum Gasteiger partial charge on any atom is 0.218 e. The van der Waals surface area contributed by atoms with E-state index in [9.17, 15) is 4.79 Å². The Bertz CT molecular complexity index is 154. The maximum absolute atomic E-state index is 10.6.